The van der Waals surface area contributed by atoms with Crippen LogP contribution in [-0.2, 0) is 6.54 Å². The summed E-state index contributed by atoms with van der Waals surface area (Å²) >= 11 is 0. The van der Waals surface area contributed by atoms with E-state index in [-0.39, 0.29) is 0 Å². The molecule has 0 saturated heterocycles. The van der Waals surface area contributed by atoms with E-state index in [0.29, 0.717) is 6.61 Å². The van der Waals surface area contributed by atoms with Gasteiger partial charge in [-0.3, -0.25) is 0 Å². The number of nitrogens with one attached hydrogen (secondary N) is 1. The second kappa shape index (κ2) is 7.11. The van der Waals surface area contributed by atoms with Crippen molar-refractivity contribution >= 4 is 0 Å². The highest BCUT2D eigenvalue weighted by Crippen LogP contribution is 2.12. The highest BCUT2D eigenvalue weighted by Gasteiger charge is 1.97. The summed E-state index contributed by atoms with van der Waals surface area (Å²) in [7, 11) is 0. The zero-order valence-electron chi connectivity index (χ0n) is 12.6. The average molecular weight is 269 g/mol. The Labute approximate surface area is 121 Å². The Bertz CT molecular complexity index is 563. The van der Waals surface area contributed by atoms with Crippen LogP contribution in [0.25, 0.3) is 0 Å². The number of rotatable bonds is 6. The smallest absolute Gasteiger partial charge is 0.119 e. The number of aryl methyl sites for hydroxylation is 3. The van der Waals surface area contributed by atoms with Gasteiger partial charge in [0.05, 0.1) is 0 Å². The van der Waals surface area contributed by atoms with E-state index in [4.69, 9.17) is 4.74 Å². The molecule has 0 spiro atoms. The third-order valence-electron chi connectivity index (χ3n) is 3.44. The molecule has 2 aromatic rings. The zero-order valence-corrected chi connectivity index (χ0v) is 12.6. The maximum Gasteiger partial charge on any atom is 0.119 e. The van der Waals surface area contributed by atoms with Crippen LogP contribution in [-0.4, -0.2) is 13.2 Å². The largest absolute Gasteiger partial charge is 0.492 e. The molecule has 0 aliphatic rings. The maximum absolute atomic E-state index is 5.71. The van der Waals surface area contributed by atoms with Gasteiger partial charge in [-0.25, -0.2) is 0 Å². The summed E-state index contributed by atoms with van der Waals surface area (Å²) in [6.45, 7) is 8.79. The normalized spacial score (nSPS) is 10.6. The topological polar surface area (TPSA) is 21.3 Å². The molecule has 2 heteroatoms. The lowest BCUT2D eigenvalue weighted by atomic mass is 10.1. The van der Waals surface area contributed by atoms with Gasteiger partial charge in [0.2, 0.25) is 0 Å². The van der Waals surface area contributed by atoms with Gasteiger partial charge in [-0.2, -0.15) is 0 Å². The first-order valence-electron chi connectivity index (χ1n) is 7.11. The molecule has 0 unspecified atom stereocenters. The summed E-state index contributed by atoms with van der Waals surface area (Å²) in [5.74, 6) is 0.943. The Hall–Kier alpha value is -1.80. The standard InChI is InChI=1S/C18H23NO/c1-14-5-4-6-18(11-14)20-10-9-19-13-17-8-7-15(2)16(3)12-17/h4-8,11-12,19H,9-10,13H2,1-3H3. The van der Waals surface area contributed by atoms with Crippen LogP contribution < -0.4 is 10.1 Å². The van der Waals surface area contributed by atoms with E-state index < -0.39 is 0 Å². The van der Waals surface area contributed by atoms with Crippen molar-refractivity contribution in [2.75, 3.05) is 13.2 Å². The maximum atomic E-state index is 5.71. The molecule has 0 atom stereocenters. The van der Waals surface area contributed by atoms with Crippen molar-refractivity contribution in [3.8, 4) is 5.75 Å². The molecule has 2 nitrogen and oxygen atoms in total. The van der Waals surface area contributed by atoms with E-state index in [9.17, 15) is 0 Å². The fraction of sp³-hybridized carbons (Fsp3) is 0.333. The van der Waals surface area contributed by atoms with Crippen LogP contribution in [0, 0.1) is 20.8 Å². The first kappa shape index (κ1) is 14.6. The van der Waals surface area contributed by atoms with Crippen LogP contribution in [0.5, 0.6) is 5.75 Å². The zero-order chi connectivity index (χ0) is 14.4. The van der Waals surface area contributed by atoms with E-state index in [2.05, 4.69) is 56.4 Å². The SMILES string of the molecule is Cc1cccc(OCCNCc2ccc(C)c(C)c2)c1. The van der Waals surface area contributed by atoms with Gasteiger partial charge in [-0.05, 0) is 55.2 Å². The molecule has 0 aliphatic carbocycles. The van der Waals surface area contributed by atoms with Crippen LogP contribution in [0.4, 0.5) is 0 Å². The number of hydrogen-bond donors (Lipinski definition) is 1. The second-order valence-corrected chi connectivity index (χ2v) is 5.26. The molecule has 0 aromatic heterocycles. The van der Waals surface area contributed by atoms with Crippen LogP contribution in [0.2, 0.25) is 0 Å². The Kier molecular flexibility index (Phi) is 5.19. The van der Waals surface area contributed by atoms with Gasteiger partial charge in [0.15, 0.2) is 0 Å². The first-order valence-corrected chi connectivity index (χ1v) is 7.11. The lowest BCUT2D eigenvalue weighted by Crippen LogP contribution is -2.20. The Balaban J connectivity index is 1.70. The van der Waals surface area contributed by atoms with Crippen LogP contribution >= 0.6 is 0 Å². The molecule has 1 N–H and O–H groups in total. The summed E-state index contributed by atoms with van der Waals surface area (Å²) in [5.41, 5.74) is 5.24. The highest BCUT2D eigenvalue weighted by atomic mass is 16.5. The molecule has 106 valence electrons. The van der Waals surface area contributed by atoms with Gasteiger partial charge in [0, 0.05) is 13.1 Å². The van der Waals surface area contributed by atoms with Crippen LogP contribution in [0.15, 0.2) is 42.5 Å². The highest BCUT2D eigenvalue weighted by molar-refractivity contribution is 5.30. The van der Waals surface area contributed by atoms with Crippen molar-refractivity contribution in [1.29, 1.82) is 0 Å². The molecule has 0 heterocycles. The van der Waals surface area contributed by atoms with E-state index >= 15 is 0 Å². The van der Waals surface area contributed by atoms with Crippen LogP contribution in [0.1, 0.15) is 22.3 Å². The quantitative estimate of drug-likeness (QED) is 0.806. The molecular weight excluding hydrogens is 246 g/mol. The Morgan fingerprint density at radius 1 is 0.950 bits per heavy atom. The van der Waals surface area contributed by atoms with Crippen LogP contribution in [0.3, 0.4) is 0 Å². The third-order valence-corrected chi connectivity index (χ3v) is 3.44. The van der Waals surface area contributed by atoms with Crippen molar-refractivity contribution in [3.05, 3.63) is 64.7 Å². The minimum absolute atomic E-state index is 0.689. The number of ether oxygens (including phenoxy) is 1. The third kappa shape index (κ3) is 4.39. The summed E-state index contributed by atoms with van der Waals surface area (Å²) in [6.07, 6.45) is 0. The fourth-order valence-corrected chi connectivity index (χ4v) is 2.09. The molecular formula is C18H23NO. The lowest BCUT2D eigenvalue weighted by Gasteiger charge is -2.09. The molecule has 0 aliphatic heterocycles. The van der Waals surface area contributed by atoms with Gasteiger partial charge >= 0.3 is 0 Å². The van der Waals surface area contributed by atoms with Crippen molar-refractivity contribution in [3.63, 3.8) is 0 Å². The lowest BCUT2D eigenvalue weighted by molar-refractivity contribution is 0.313. The number of hydrogen-bond acceptors (Lipinski definition) is 2. The molecule has 0 radical (unpaired) electrons. The summed E-state index contributed by atoms with van der Waals surface area (Å²) in [4.78, 5) is 0. The van der Waals surface area contributed by atoms with E-state index in [1.807, 2.05) is 12.1 Å². The summed E-state index contributed by atoms with van der Waals surface area (Å²) < 4.78 is 5.71. The molecule has 0 bridgehead atoms. The predicted octanol–water partition coefficient (Wildman–Crippen LogP) is 3.78. The van der Waals surface area contributed by atoms with E-state index in [1.54, 1.807) is 0 Å². The van der Waals surface area contributed by atoms with Gasteiger partial charge in [0.25, 0.3) is 0 Å². The molecule has 2 aromatic carbocycles. The predicted molar refractivity (Wildman–Crippen MR) is 84.3 cm³/mol. The average Bonchev–Trinajstić information content (AvgIpc) is 2.42. The minimum Gasteiger partial charge on any atom is -0.492 e. The van der Waals surface area contributed by atoms with Crippen molar-refractivity contribution in [1.82, 2.24) is 5.32 Å². The summed E-state index contributed by atoms with van der Waals surface area (Å²) in [6, 6.07) is 14.7. The molecule has 0 saturated carbocycles. The molecule has 20 heavy (non-hydrogen) atoms. The first-order chi connectivity index (χ1) is 9.65. The Morgan fingerprint density at radius 2 is 1.80 bits per heavy atom. The van der Waals surface area contributed by atoms with Gasteiger partial charge in [-0.1, -0.05) is 30.3 Å². The van der Waals surface area contributed by atoms with E-state index in [0.717, 1.165) is 18.8 Å². The van der Waals surface area contributed by atoms with Crippen molar-refractivity contribution < 1.29 is 4.74 Å². The van der Waals surface area contributed by atoms with Gasteiger partial charge in [0.1, 0.15) is 12.4 Å². The number of benzene rings is 2. The van der Waals surface area contributed by atoms with Crippen molar-refractivity contribution in [2.24, 2.45) is 0 Å². The second-order valence-electron chi connectivity index (χ2n) is 5.26. The van der Waals surface area contributed by atoms with Gasteiger partial charge < -0.3 is 10.1 Å². The minimum atomic E-state index is 0.689. The monoisotopic (exact) mass is 269 g/mol. The van der Waals surface area contributed by atoms with Crippen molar-refractivity contribution in [2.45, 2.75) is 27.3 Å². The van der Waals surface area contributed by atoms with E-state index in [1.165, 1.54) is 22.3 Å². The van der Waals surface area contributed by atoms with Gasteiger partial charge in [-0.15, -0.1) is 0 Å². The fourth-order valence-electron chi connectivity index (χ4n) is 2.09. The Morgan fingerprint density at radius 3 is 2.55 bits per heavy atom. The molecule has 2 rings (SSSR count). The molecule has 0 fully saturated rings. The summed E-state index contributed by atoms with van der Waals surface area (Å²) in [5, 5.41) is 3.41. The molecule has 0 amide bonds.